The minimum atomic E-state index is -0.851. The van der Waals surface area contributed by atoms with Gasteiger partial charge < -0.3 is 10.2 Å². The Bertz CT molecular complexity index is 706. The van der Waals surface area contributed by atoms with Crippen molar-refractivity contribution in [2.75, 3.05) is 6.54 Å². The van der Waals surface area contributed by atoms with Gasteiger partial charge >= 0.3 is 0 Å². The SMILES string of the molecule is O=C1c2ccccc2C(=O)N1CC[C@@H](O)c1cccc(O)c1. The fourth-order valence-electron chi connectivity index (χ4n) is 2.59. The number of phenols is 1. The van der Waals surface area contributed by atoms with Crippen molar-refractivity contribution in [1.29, 1.82) is 0 Å². The first-order valence-electron chi connectivity index (χ1n) is 7.00. The van der Waals surface area contributed by atoms with E-state index in [0.717, 1.165) is 4.90 Å². The van der Waals surface area contributed by atoms with Gasteiger partial charge in [-0.25, -0.2) is 0 Å². The summed E-state index contributed by atoms with van der Waals surface area (Å²) in [6.45, 7) is 0.128. The number of benzene rings is 2. The predicted molar refractivity (Wildman–Crippen MR) is 79.5 cm³/mol. The monoisotopic (exact) mass is 297 g/mol. The van der Waals surface area contributed by atoms with Gasteiger partial charge in [-0.3, -0.25) is 14.5 Å². The minimum absolute atomic E-state index is 0.0669. The predicted octanol–water partition coefficient (Wildman–Crippen LogP) is 2.11. The van der Waals surface area contributed by atoms with Crippen molar-refractivity contribution in [1.82, 2.24) is 4.90 Å². The second-order valence-electron chi connectivity index (χ2n) is 5.21. The molecule has 1 aliphatic rings. The molecule has 3 rings (SSSR count). The maximum absolute atomic E-state index is 12.2. The van der Waals surface area contributed by atoms with E-state index >= 15 is 0 Å². The first-order valence-corrected chi connectivity index (χ1v) is 7.00. The van der Waals surface area contributed by atoms with Crippen LogP contribution in [0.1, 0.15) is 38.8 Å². The number of rotatable bonds is 4. The summed E-state index contributed by atoms with van der Waals surface area (Å²) in [6.07, 6.45) is -0.633. The van der Waals surface area contributed by atoms with E-state index in [1.165, 1.54) is 12.1 Å². The molecule has 0 bridgehead atoms. The van der Waals surface area contributed by atoms with Crippen molar-refractivity contribution >= 4 is 11.8 Å². The molecule has 0 aliphatic carbocycles. The van der Waals surface area contributed by atoms with Crippen molar-refractivity contribution in [2.24, 2.45) is 0 Å². The van der Waals surface area contributed by atoms with Crippen molar-refractivity contribution < 1.29 is 19.8 Å². The standard InChI is InChI=1S/C17H15NO4/c19-12-5-3-4-11(10-12)15(20)8-9-18-16(21)13-6-1-2-7-14(13)17(18)22/h1-7,10,15,19-20H,8-9H2/t15-/m1/s1. The average molecular weight is 297 g/mol. The Labute approximate surface area is 127 Å². The van der Waals surface area contributed by atoms with Gasteiger partial charge in [0.05, 0.1) is 17.2 Å². The van der Waals surface area contributed by atoms with Crippen LogP contribution in [-0.4, -0.2) is 33.5 Å². The molecule has 2 aromatic rings. The molecule has 112 valence electrons. The summed E-state index contributed by atoms with van der Waals surface area (Å²) in [5.74, 6) is -0.593. The summed E-state index contributed by atoms with van der Waals surface area (Å²) in [5.41, 5.74) is 1.36. The van der Waals surface area contributed by atoms with Crippen LogP contribution >= 0.6 is 0 Å². The summed E-state index contributed by atoms with van der Waals surface area (Å²) < 4.78 is 0. The molecule has 2 amide bonds. The summed E-state index contributed by atoms with van der Waals surface area (Å²) in [7, 11) is 0. The van der Waals surface area contributed by atoms with Gasteiger partial charge in [0.2, 0.25) is 0 Å². The highest BCUT2D eigenvalue weighted by Gasteiger charge is 2.34. The summed E-state index contributed by atoms with van der Waals surface area (Å²) in [6, 6.07) is 13.0. The topological polar surface area (TPSA) is 77.8 Å². The zero-order valence-corrected chi connectivity index (χ0v) is 11.8. The van der Waals surface area contributed by atoms with Crippen molar-refractivity contribution in [2.45, 2.75) is 12.5 Å². The van der Waals surface area contributed by atoms with Crippen LogP contribution in [0.4, 0.5) is 0 Å². The Morgan fingerprint density at radius 2 is 1.59 bits per heavy atom. The van der Waals surface area contributed by atoms with E-state index < -0.39 is 6.10 Å². The van der Waals surface area contributed by atoms with Gasteiger partial charge in [0.15, 0.2) is 0 Å². The first-order chi connectivity index (χ1) is 10.6. The third kappa shape index (κ3) is 2.46. The molecule has 0 unspecified atom stereocenters. The molecule has 1 heterocycles. The Hall–Kier alpha value is -2.66. The molecule has 2 aromatic carbocycles. The number of hydrogen-bond donors (Lipinski definition) is 2. The number of fused-ring (bicyclic) bond motifs is 1. The molecule has 5 heteroatoms. The van der Waals surface area contributed by atoms with Crippen molar-refractivity contribution in [3.05, 3.63) is 65.2 Å². The second kappa shape index (κ2) is 5.61. The number of phenolic OH excluding ortho intramolecular Hbond substituents is 1. The van der Waals surface area contributed by atoms with Crippen LogP contribution in [0.25, 0.3) is 0 Å². The zero-order chi connectivity index (χ0) is 15.7. The fraction of sp³-hybridized carbons (Fsp3) is 0.176. The molecule has 1 atom stereocenters. The number of carbonyl (C=O) groups excluding carboxylic acids is 2. The minimum Gasteiger partial charge on any atom is -0.508 e. The van der Waals surface area contributed by atoms with E-state index in [-0.39, 0.29) is 30.5 Å². The quantitative estimate of drug-likeness (QED) is 0.847. The summed E-state index contributed by atoms with van der Waals surface area (Å²) in [5, 5.41) is 19.5. The molecule has 0 fully saturated rings. The first kappa shape index (κ1) is 14.3. The van der Waals surface area contributed by atoms with Crippen LogP contribution in [0.2, 0.25) is 0 Å². The van der Waals surface area contributed by atoms with E-state index in [9.17, 15) is 19.8 Å². The van der Waals surface area contributed by atoms with E-state index in [2.05, 4.69) is 0 Å². The van der Waals surface area contributed by atoms with Crippen molar-refractivity contribution in [3.8, 4) is 5.75 Å². The Kier molecular flexibility index (Phi) is 3.65. The van der Waals surface area contributed by atoms with Crippen LogP contribution < -0.4 is 0 Å². The maximum atomic E-state index is 12.2. The normalized spacial score (nSPS) is 15.0. The Morgan fingerprint density at radius 1 is 0.955 bits per heavy atom. The summed E-state index contributed by atoms with van der Waals surface area (Å²) in [4.78, 5) is 25.5. The molecule has 0 spiro atoms. The Balaban J connectivity index is 1.70. The molecular formula is C17H15NO4. The van der Waals surface area contributed by atoms with Crippen LogP contribution in [0, 0.1) is 0 Å². The van der Waals surface area contributed by atoms with Gasteiger partial charge in [-0.2, -0.15) is 0 Å². The number of amides is 2. The van der Waals surface area contributed by atoms with E-state index in [1.807, 2.05) is 0 Å². The third-order valence-corrected chi connectivity index (χ3v) is 3.76. The van der Waals surface area contributed by atoms with Gasteiger partial charge in [-0.15, -0.1) is 0 Å². The molecule has 0 saturated heterocycles. The van der Waals surface area contributed by atoms with Gasteiger partial charge in [0, 0.05) is 6.54 Å². The van der Waals surface area contributed by atoms with Crippen LogP contribution in [0.15, 0.2) is 48.5 Å². The Morgan fingerprint density at radius 3 is 2.18 bits per heavy atom. The van der Waals surface area contributed by atoms with Crippen LogP contribution in [0.3, 0.4) is 0 Å². The molecule has 0 aromatic heterocycles. The smallest absolute Gasteiger partial charge is 0.261 e. The number of aliphatic hydroxyl groups is 1. The third-order valence-electron chi connectivity index (χ3n) is 3.76. The van der Waals surface area contributed by atoms with Gasteiger partial charge in [0.25, 0.3) is 11.8 Å². The molecule has 5 nitrogen and oxygen atoms in total. The van der Waals surface area contributed by atoms with Gasteiger partial charge in [-0.05, 0) is 36.2 Å². The molecule has 2 N–H and O–H groups in total. The number of imide groups is 1. The lowest BCUT2D eigenvalue weighted by molar-refractivity contribution is 0.0622. The number of hydrogen-bond acceptors (Lipinski definition) is 4. The van der Waals surface area contributed by atoms with Gasteiger partial charge in [-0.1, -0.05) is 24.3 Å². The number of aromatic hydroxyl groups is 1. The second-order valence-corrected chi connectivity index (χ2v) is 5.21. The molecule has 1 aliphatic heterocycles. The number of carbonyl (C=O) groups is 2. The van der Waals surface area contributed by atoms with Gasteiger partial charge in [0.1, 0.15) is 5.75 Å². The molecule has 22 heavy (non-hydrogen) atoms. The lowest BCUT2D eigenvalue weighted by atomic mass is 10.1. The molecular weight excluding hydrogens is 282 g/mol. The van der Waals surface area contributed by atoms with E-state index in [4.69, 9.17) is 0 Å². The average Bonchev–Trinajstić information content (AvgIpc) is 2.77. The largest absolute Gasteiger partial charge is 0.508 e. The molecule has 0 radical (unpaired) electrons. The highest BCUT2D eigenvalue weighted by molar-refractivity contribution is 6.21. The number of nitrogens with zero attached hydrogens (tertiary/aromatic N) is 1. The van der Waals surface area contributed by atoms with Crippen LogP contribution in [0.5, 0.6) is 5.75 Å². The fourth-order valence-corrected chi connectivity index (χ4v) is 2.59. The van der Waals surface area contributed by atoms with Crippen molar-refractivity contribution in [3.63, 3.8) is 0 Å². The highest BCUT2D eigenvalue weighted by Crippen LogP contribution is 2.25. The van der Waals surface area contributed by atoms with Crippen LogP contribution in [-0.2, 0) is 0 Å². The lowest BCUT2D eigenvalue weighted by Crippen LogP contribution is -2.31. The van der Waals surface area contributed by atoms with E-state index in [0.29, 0.717) is 16.7 Å². The number of aliphatic hydroxyl groups excluding tert-OH is 1. The highest BCUT2D eigenvalue weighted by atomic mass is 16.3. The van der Waals surface area contributed by atoms with E-state index in [1.54, 1.807) is 36.4 Å². The summed E-state index contributed by atoms with van der Waals surface area (Å²) >= 11 is 0. The zero-order valence-electron chi connectivity index (χ0n) is 11.8. The lowest BCUT2D eigenvalue weighted by Gasteiger charge is -2.17. The maximum Gasteiger partial charge on any atom is 0.261 e. The molecule has 0 saturated carbocycles.